The number of aromatic nitrogens is 2. The first-order valence-electron chi connectivity index (χ1n) is 8.91. The summed E-state index contributed by atoms with van der Waals surface area (Å²) in [6.45, 7) is 5.63. The maximum absolute atomic E-state index is 13.6. The van der Waals surface area contributed by atoms with Crippen molar-refractivity contribution in [3.63, 3.8) is 0 Å². The molecule has 0 aliphatic carbocycles. The van der Waals surface area contributed by atoms with Crippen LogP contribution in [0.1, 0.15) is 34.1 Å². The molecule has 1 aromatic heterocycles. The molecule has 3 rings (SSSR count). The van der Waals surface area contributed by atoms with E-state index in [4.69, 9.17) is 11.6 Å². The Morgan fingerprint density at radius 2 is 1.64 bits per heavy atom. The molecule has 0 aliphatic rings. The molecule has 0 N–H and O–H groups in total. The molecule has 28 heavy (non-hydrogen) atoms. The van der Waals surface area contributed by atoms with E-state index in [0.29, 0.717) is 15.7 Å². The number of hydrogen-bond acceptors (Lipinski definition) is 3. The Hall–Kier alpha value is -2.15. The van der Waals surface area contributed by atoms with Crippen LogP contribution in [0.25, 0.3) is 0 Å². The molecule has 2 aromatic carbocycles. The molecule has 7 heteroatoms. The van der Waals surface area contributed by atoms with Gasteiger partial charge in [-0.05, 0) is 49.6 Å². The Balaban J connectivity index is 2.18. The normalized spacial score (nSPS) is 13.1. The zero-order valence-corrected chi connectivity index (χ0v) is 18.2. The minimum absolute atomic E-state index is 0.341. The molecule has 5 nitrogen and oxygen atoms in total. The lowest BCUT2D eigenvalue weighted by atomic mass is 10.1. The number of halogens is 1. The fourth-order valence-electron chi connectivity index (χ4n) is 3.66. The molecule has 0 aliphatic heterocycles. The van der Waals surface area contributed by atoms with Crippen LogP contribution in [0.4, 0.5) is 0 Å². The van der Waals surface area contributed by atoms with Gasteiger partial charge in [0, 0.05) is 31.5 Å². The molecule has 1 unspecified atom stereocenters. The highest BCUT2D eigenvalue weighted by atomic mass is 35.5. The first kappa shape index (κ1) is 20.6. The van der Waals surface area contributed by atoms with E-state index in [-0.39, 0.29) is 0 Å². The van der Waals surface area contributed by atoms with Gasteiger partial charge in [0.05, 0.1) is 4.90 Å². The zero-order chi connectivity index (χ0) is 20.6. The monoisotopic (exact) mass is 417 g/mol. The molecule has 0 spiro atoms. The third-order valence-electron chi connectivity index (χ3n) is 4.89. The van der Waals surface area contributed by atoms with E-state index in [0.717, 1.165) is 22.3 Å². The third kappa shape index (κ3) is 3.72. The predicted octanol–water partition coefficient (Wildman–Crippen LogP) is 4.41. The second kappa shape index (κ2) is 7.70. The number of rotatable bonds is 5. The van der Waals surface area contributed by atoms with Crippen LogP contribution in [-0.2, 0) is 17.1 Å². The van der Waals surface area contributed by atoms with E-state index in [1.54, 1.807) is 31.6 Å². The van der Waals surface area contributed by atoms with Gasteiger partial charge in [-0.3, -0.25) is 0 Å². The lowest BCUT2D eigenvalue weighted by molar-refractivity contribution is 0.398. The van der Waals surface area contributed by atoms with Crippen molar-refractivity contribution >= 4 is 21.6 Å². The topological polar surface area (TPSA) is 55.2 Å². The van der Waals surface area contributed by atoms with Crippen molar-refractivity contribution < 1.29 is 8.42 Å². The minimum atomic E-state index is -3.77. The molecule has 0 fully saturated rings. The van der Waals surface area contributed by atoms with E-state index >= 15 is 0 Å². The number of sulfonamides is 1. The van der Waals surface area contributed by atoms with Gasteiger partial charge in [-0.25, -0.2) is 13.4 Å². The molecule has 0 amide bonds. The Kier molecular flexibility index (Phi) is 5.66. The molecule has 1 heterocycles. The second-order valence-electron chi connectivity index (χ2n) is 7.10. The Labute approximate surface area is 171 Å². The van der Waals surface area contributed by atoms with Gasteiger partial charge in [0.25, 0.3) is 0 Å². The highest BCUT2D eigenvalue weighted by Crippen LogP contribution is 2.34. The summed E-state index contributed by atoms with van der Waals surface area (Å²) in [6, 6.07) is 10.4. The first-order chi connectivity index (χ1) is 13.1. The number of nitrogens with zero attached hydrogens (tertiary/aromatic N) is 3. The molecular weight excluding hydrogens is 394 g/mol. The standard InChI is InChI=1S/C21H24ClN3O2S/c1-14-12-15(2)20(16(3)13-14)28(26,27)25(5)19(21-23-10-11-24(21)4)17-6-8-18(22)9-7-17/h6-13,19H,1-5H3. The molecule has 0 radical (unpaired) electrons. The van der Waals surface area contributed by atoms with Crippen molar-refractivity contribution in [2.24, 2.45) is 7.05 Å². The first-order valence-corrected chi connectivity index (χ1v) is 10.7. The van der Waals surface area contributed by atoms with Gasteiger partial charge in [0.2, 0.25) is 10.0 Å². The summed E-state index contributed by atoms with van der Waals surface area (Å²) in [7, 11) is -0.316. The lowest BCUT2D eigenvalue weighted by Crippen LogP contribution is -2.34. The highest BCUT2D eigenvalue weighted by Gasteiger charge is 2.34. The molecule has 1 atom stereocenters. The van der Waals surface area contributed by atoms with Gasteiger partial charge >= 0.3 is 0 Å². The summed E-state index contributed by atoms with van der Waals surface area (Å²) in [5.41, 5.74) is 3.31. The molecule has 0 saturated heterocycles. The van der Waals surface area contributed by atoms with Crippen LogP contribution in [0.5, 0.6) is 0 Å². The van der Waals surface area contributed by atoms with Crippen LogP contribution in [0, 0.1) is 20.8 Å². The van der Waals surface area contributed by atoms with Crippen LogP contribution < -0.4 is 0 Å². The van der Waals surface area contributed by atoms with Crippen molar-refractivity contribution in [3.8, 4) is 0 Å². The number of benzene rings is 2. The van der Waals surface area contributed by atoms with Crippen LogP contribution in [0.3, 0.4) is 0 Å². The fraction of sp³-hybridized carbons (Fsp3) is 0.286. The second-order valence-corrected chi connectivity index (χ2v) is 9.47. The Morgan fingerprint density at radius 1 is 1.07 bits per heavy atom. The average Bonchev–Trinajstić information content (AvgIpc) is 3.01. The summed E-state index contributed by atoms with van der Waals surface area (Å²) in [4.78, 5) is 4.77. The molecule has 148 valence electrons. The summed E-state index contributed by atoms with van der Waals surface area (Å²) in [5.74, 6) is 0.635. The van der Waals surface area contributed by atoms with Crippen LogP contribution in [0.15, 0.2) is 53.7 Å². The zero-order valence-electron chi connectivity index (χ0n) is 16.6. The van der Waals surface area contributed by atoms with Gasteiger partial charge in [-0.2, -0.15) is 4.31 Å². The summed E-state index contributed by atoms with van der Waals surface area (Å²) in [5, 5.41) is 0.595. The fourth-order valence-corrected chi connectivity index (χ4v) is 5.50. The van der Waals surface area contributed by atoms with Gasteiger partial charge in [0.15, 0.2) is 0 Å². The van der Waals surface area contributed by atoms with E-state index in [1.165, 1.54) is 4.31 Å². The van der Waals surface area contributed by atoms with Gasteiger partial charge in [-0.1, -0.05) is 41.4 Å². The largest absolute Gasteiger partial charge is 0.336 e. The van der Waals surface area contributed by atoms with Crippen molar-refractivity contribution in [3.05, 3.63) is 81.9 Å². The summed E-state index contributed by atoms with van der Waals surface area (Å²) in [6.07, 6.45) is 3.47. The van der Waals surface area contributed by atoms with Crippen LogP contribution in [0.2, 0.25) is 5.02 Å². The smallest absolute Gasteiger partial charge is 0.244 e. The van der Waals surface area contributed by atoms with E-state index in [9.17, 15) is 8.42 Å². The molecular formula is C21H24ClN3O2S. The van der Waals surface area contributed by atoms with Crippen LogP contribution in [-0.4, -0.2) is 29.3 Å². The maximum Gasteiger partial charge on any atom is 0.244 e. The van der Waals surface area contributed by atoms with E-state index in [2.05, 4.69) is 4.98 Å². The van der Waals surface area contributed by atoms with Crippen molar-refractivity contribution in [1.82, 2.24) is 13.9 Å². The minimum Gasteiger partial charge on any atom is -0.336 e. The highest BCUT2D eigenvalue weighted by molar-refractivity contribution is 7.89. The lowest BCUT2D eigenvalue weighted by Gasteiger charge is -2.29. The van der Waals surface area contributed by atoms with Crippen molar-refractivity contribution in [2.75, 3.05) is 7.05 Å². The van der Waals surface area contributed by atoms with Crippen molar-refractivity contribution in [1.29, 1.82) is 0 Å². The molecule has 3 aromatic rings. The van der Waals surface area contributed by atoms with Crippen molar-refractivity contribution in [2.45, 2.75) is 31.7 Å². The maximum atomic E-state index is 13.6. The van der Waals surface area contributed by atoms with Gasteiger partial charge < -0.3 is 4.57 Å². The number of imidazole rings is 1. The molecule has 0 saturated carbocycles. The molecule has 0 bridgehead atoms. The van der Waals surface area contributed by atoms with Crippen LogP contribution >= 0.6 is 11.6 Å². The SMILES string of the molecule is Cc1cc(C)c(S(=O)(=O)N(C)C(c2ccc(Cl)cc2)c2nccn2C)c(C)c1. The Bertz CT molecular complexity index is 1080. The van der Waals surface area contributed by atoms with Gasteiger partial charge in [-0.15, -0.1) is 0 Å². The average molecular weight is 418 g/mol. The van der Waals surface area contributed by atoms with Gasteiger partial charge in [0.1, 0.15) is 11.9 Å². The number of aryl methyl sites for hydroxylation is 4. The van der Waals surface area contributed by atoms with E-state index < -0.39 is 16.1 Å². The summed E-state index contributed by atoms with van der Waals surface area (Å²) < 4.78 is 30.5. The quantitative estimate of drug-likeness (QED) is 0.617. The Morgan fingerprint density at radius 3 is 2.14 bits per heavy atom. The number of hydrogen-bond donors (Lipinski definition) is 0. The summed E-state index contributed by atoms with van der Waals surface area (Å²) >= 11 is 6.04. The third-order valence-corrected chi connectivity index (χ3v) is 7.28. The van der Waals surface area contributed by atoms with E-state index in [1.807, 2.05) is 56.7 Å². The predicted molar refractivity (Wildman–Crippen MR) is 112 cm³/mol.